The molecule has 3 heteroatoms. The zero-order chi connectivity index (χ0) is 34.3. The van der Waals surface area contributed by atoms with E-state index >= 15 is 0 Å². The van der Waals surface area contributed by atoms with Gasteiger partial charge in [-0.15, -0.1) is 0 Å². The molecule has 0 fully saturated rings. The number of aryl methyl sites for hydroxylation is 3. The predicted octanol–water partition coefficient (Wildman–Crippen LogP) is 10.9. The summed E-state index contributed by atoms with van der Waals surface area (Å²) in [6.45, 7) is 11.5. The Morgan fingerprint density at radius 1 is 0.549 bits per heavy atom. The highest BCUT2D eigenvalue weighted by atomic mass is 15.1. The maximum atomic E-state index is 2.66. The van der Waals surface area contributed by atoms with Crippen molar-refractivity contribution in [1.29, 1.82) is 0 Å². The van der Waals surface area contributed by atoms with Gasteiger partial charge in [-0.2, -0.15) is 0 Å². The summed E-state index contributed by atoms with van der Waals surface area (Å²) in [7, 11) is 0. The average Bonchev–Trinajstić information content (AvgIpc) is 3.61. The maximum absolute atomic E-state index is 2.66. The van der Waals surface area contributed by atoms with Crippen molar-refractivity contribution in [3.05, 3.63) is 161 Å². The van der Waals surface area contributed by atoms with E-state index in [-0.39, 0.29) is 12.3 Å². The Hall–Kier alpha value is -5.80. The minimum atomic E-state index is -0.106. The molecule has 3 heterocycles. The molecule has 3 aliphatic rings. The van der Waals surface area contributed by atoms with Crippen LogP contribution >= 0.6 is 0 Å². The average molecular weight is 653 g/mol. The van der Waals surface area contributed by atoms with Crippen LogP contribution in [0.25, 0.3) is 60.9 Å². The lowest BCUT2D eigenvalue weighted by molar-refractivity contribution is 0.660. The maximum Gasteiger partial charge on any atom is 0.333 e. The van der Waals surface area contributed by atoms with Crippen molar-refractivity contribution in [2.75, 3.05) is 4.81 Å². The van der Waals surface area contributed by atoms with Gasteiger partial charge < -0.3 is 9.38 Å². The molecule has 0 bridgehead atoms. The molecule has 0 radical (unpaired) electrons. The number of fused-ring (bicyclic) bond motifs is 12. The van der Waals surface area contributed by atoms with Gasteiger partial charge in [-0.25, -0.2) is 0 Å². The van der Waals surface area contributed by atoms with Crippen LogP contribution in [0.3, 0.4) is 0 Å². The van der Waals surface area contributed by atoms with E-state index < -0.39 is 0 Å². The van der Waals surface area contributed by atoms with Gasteiger partial charge in [-0.05, 0) is 113 Å². The number of benzene rings is 7. The second-order valence-corrected chi connectivity index (χ2v) is 15.5. The van der Waals surface area contributed by atoms with E-state index in [1.54, 1.807) is 0 Å². The number of anilines is 2. The second kappa shape index (κ2) is 9.92. The van der Waals surface area contributed by atoms with Crippen LogP contribution in [0.15, 0.2) is 133 Å². The third-order valence-corrected chi connectivity index (χ3v) is 12.2. The van der Waals surface area contributed by atoms with E-state index in [0.29, 0.717) is 0 Å². The number of rotatable bonds is 2. The Kier molecular flexibility index (Phi) is 5.64. The molecule has 0 spiro atoms. The van der Waals surface area contributed by atoms with Gasteiger partial charge in [0.2, 0.25) is 0 Å². The summed E-state index contributed by atoms with van der Waals surface area (Å²) >= 11 is 0. The van der Waals surface area contributed by atoms with Crippen LogP contribution in [-0.2, 0) is 5.41 Å². The van der Waals surface area contributed by atoms with Crippen molar-refractivity contribution < 1.29 is 0 Å². The van der Waals surface area contributed by atoms with Crippen molar-refractivity contribution in [3.63, 3.8) is 0 Å². The van der Waals surface area contributed by atoms with Crippen LogP contribution in [0, 0.1) is 20.8 Å². The molecule has 1 aromatic heterocycles. The minimum absolute atomic E-state index is 0.00181. The fraction of sp³-hybridized carbons (Fsp3) is 0.125. The lowest BCUT2D eigenvalue weighted by Gasteiger charge is -2.43. The van der Waals surface area contributed by atoms with E-state index in [4.69, 9.17) is 0 Å². The Morgan fingerprint density at radius 3 is 2.08 bits per heavy atom. The van der Waals surface area contributed by atoms with Crippen molar-refractivity contribution in [2.45, 2.75) is 40.0 Å². The zero-order valence-corrected chi connectivity index (χ0v) is 29.7. The van der Waals surface area contributed by atoms with Gasteiger partial charge >= 0.3 is 6.85 Å². The van der Waals surface area contributed by atoms with Gasteiger partial charge in [0.05, 0.1) is 11.0 Å². The van der Waals surface area contributed by atoms with Crippen LogP contribution in [0.1, 0.15) is 41.7 Å². The van der Waals surface area contributed by atoms with Crippen molar-refractivity contribution in [3.8, 4) is 39.1 Å². The first-order chi connectivity index (χ1) is 24.8. The largest absolute Gasteiger partial charge is 0.376 e. The molecule has 2 aliphatic heterocycles. The fourth-order valence-electron chi connectivity index (χ4n) is 9.92. The Balaban J connectivity index is 1.41. The Labute approximate surface area is 299 Å². The van der Waals surface area contributed by atoms with Crippen LogP contribution in [0.5, 0.6) is 0 Å². The number of aromatic nitrogens is 1. The van der Waals surface area contributed by atoms with Crippen LogP contribution < -0.4 is 15.7 Å². The molecule has 242 valence electrons. The lowest BCUT2D eigenvalue weighted by Crippen LogP contribution is -2.60. The van der Waals surface area contributed by atoms with E-state index in [2.05, 4.69) is 177 Å². The molecule has 0 saturated carbocycles. The summed E-state index contributed by atoms with van der Waals surface area (Å²) in [6.07, 6.45) is 0. The molecule has 51 heavy (non-hydrogen) atoms. The summed E-state index contributed by atoms with van der Waals surface area (Å²) in [4.78, 5) is 2.66. The summed E-state index contributed by atoms with van der Waals surface area (Å²) in [5.74, 6) is 0. The van der Waals surface area contributed by atoms with Gasteiger partial charge in [0.1, 0.15) is 0 Å². The molecule has 2 nitrogen and oxygen atoms in total. The van der Waals surface area contributed by atoms with E-state index in [9.17, 15) is 0 Å². The molecule has 11 rings (SSSR count). The van der Waals surface area contributed by atoms with Crippen LogP contribution in [0.2, 0.25) is 0 Å². The molecule has 0 amide bonds. The molecule has 1 aliphatic carbocycles. The van der Waals surface area contributed by atoms with Gasteiger partial charge in [0.25, 0.3) is 0 Å². The van der Waals surface area contributed by atoms with Crippen molar-refractivity contribution in [2.24, 2.45) is 0 Å². The van der Waals surface area contributed by atoms with E-state index in [1.165, 1.54) is 111 Å². The van der Waals surface area contributed by atoms with Gasteiger partial charge in [-0.3, -0.25) is 0 Å². The molecule has 0 unspecified atom stereocenters. The van der Waals surface area contributed by atoms with E-state index in [0.717, 1.165) is 0 Å². The van der Waals surface area contributed by atoms with E-state index in [1.807, 2.05) is 0 Å². The third kappa shape index (κ3) is 3.63. The molecular formula is C48H37BN2. The van der Waals surface area contributed by atoms with Gasteiger partial charge in [-0.1, -0.05) is 122 Å². The highest BCUT2D eigenvalue weighted by Crippen LogP contribution is 2.57. The summed E-state index contributed by atoms with van der Waals surface area (Å²) in [5, 5.41) is 2.65. The van der Waals surface area contributed by atoms with Gasteiger partial charge in [0, 0.05) is 38.8 Å². The Morgan fingerprint density at radius 2 is 1.25 bits per heavy atom. The van der Waals surface area contributed by atoms with Gasteiger partial charge in [0.15, 0.2) is 0 Å². The monoisotopic (exact) mass is 652 g/mol. The number of hydrogen-bond donors (Lipinski definition) is 0. The topological polar surface area (TPSA) is 8.17 Å². The smallest absolute Gasteiger partial charge is 0.333 e. The summed E-state index contributed by atoms with van der Waals surface area (Å²) in [5.41, 5.74) is 23.7. The lowest BCUT2D eigenvalue weighted by atomic mass is 9.43. The summed E-state index contributed by atoms with van der Waals surface area (Å²) < 4.78 is 2.59. The fourth-order valence-corrected chi connectivity index (χ4v) is 9.92. The quantitative estimate of drug-likeness (QED) is 0.169. The first kappa shape index (κ1) is 29.0. The first-order valence-electron chi connectivity index (χ1n) is 18.2. The zero-order valence-electron chi connectivity index (χ0n) is 29.7. The third-order valence-electron chi connectivity index (χ3n) is 12.2. The number of para-hydroxylation sites is 1. The highest BCUT2D eigenvalue weighted by molar-refractivity contribution is 6.94. The van der Waals surface area contributed by atoms with Crippen molar-refractivity contribution >= 4 is 51.0 Å². The van der Waals surface area contributed by atoms with Crippen LogP contribution in [-0.4, -0.2) is 11.4 Å². The standard InChI is InChI=1S/C48H37BN2/c1-28-18-21-31(22-19-28)51-42-25-23-38-44(33-14-8-10-16-37(33)48(38,4)5)45(42)36-27-35(32-13-7-6-12-30(32)3)43-34-15-9-11-17-40(34)50-41-24-20-29(2)26-39(41)49(51)46(36)47(43)50/h6-27H,1-5H3. The SMILES string of the molecule is Cc1ccc(N2B3c4cc(C)ccc4-n4c5ccccc5c5c(-c6ccccc6C)cc(c3c54)-c3c2ccc2c3-c3ccccc3C2(C)C)cc1. The molecule has 8 aromatic rings. The number of hydrogen-bond acceptors (Lipinski definition) is 1. The number of nitrogens with zero attached hydrogens (tertiary/aromatic N) is 2. The normalized spacial score (nSPS) is 14.5. The molecule has 0 saturated heterocycles. The van der Waals surface area contributed by atoms with Crippen LogP contribution in [0.4, 0.5) is 11.4 Å². The molecule has 0 N–H and O–H groups in total. The second-order valence-electron chi connectivity index (χ2n) is 15.5. The molecule has 7 aromatic carbocycles. The Bertz CT molecular complexity index is 2820. The summed E-state index contributed by atoms with van der Waals surface area (Å²) in [6, 6.07) is 50.8. The molecular weight excluding hydrogens is 615 g/mol. The van der Waals surface area contributed by atoms with Crippen molar-refractivity contribution in [1.82, 2.24) is 4.57 Å². The minimum Gasteiger partial charge on any atom is -0.376 e. The molecule has 0 atom stereocenters. The predicted molar refractivity (Wildman–Crippen MR) is 217 cm³/mol. The first-order valence-corrected chi connectivity index (χ1v) is 18.2. The highest BCUT2D eigenvalue weighted by Gasteiger charge is 2.47.